The molecule has 1 atom stereocenters. The maximum Gasteiger partial charge on any atom is 0.158 e. The molecule has 6 heteroatoms. The second-order valence-electron chi connectivity index (χ2n) is 4.73. The number of morpholine rings is 1. The molecular formula is C15H13BrN4O. The van der Waals surface area contributed by atoms with Crippen molar-refractivity contribution in [2.45, 2.75) is 6.10 Å². The third-order valence-corrected chi connectivity index (χ3v) is 3.86. The Balaban J connectivity index is 1.77. The van der Waals surface area contributed by atoms with Crippen molar-refractivity contribution in [1.82, 2.24) is 9.97 Å². The molecule has 1 aromatic heterocycles. The molecule has 2 heterocycles. The standard InChI is InChI=1S/C15H13BrN4O/c16-12-3-1-2-11(6-12)14-10-20(4-5-21-14)15-9-18-13(7-17)8-19-15/h1-3,6,8-9,14H,4-5,10H2/t14-/m0/s1. The molecule has 0 unspecified atom stereocenters. The SMILES string of the molecule is N#Cc1cnc(N2CCO[C@H](c3cccc(Br)c3)C2)cn1. The molecule has 0 amide bonds. The van der Waals surface area contributed by atoms with E-state index in [4.69, 9.17) is 10.00 Å². The van der Waals surface area contributed by atoms with E-state index >= 15 is 0 Å². The van der Waals surface area contributed by atoms with Gasteiger partial charge >= 0.3 is 0 Å². The number of anilines is 1. The summed E-state index contributed by atoms with van der Waals surface area (Å²) >= 11 is 3.48. The van der Waals surface area contributed by atoms with Crippen LogP contribution in [0.4, 0.5) is 5.82 Å². The fourth-order valence-electron chi connectivity index (χ4n) is 2.31. The maximum absolute atomic E-state index is 8.76. The van der Waals surface area contributed by atoms with E-state index in [0.29, 0.717) is 12.3 Å². The summed E-state index contributed by atoms with van der Waals surface area (Å²) in [5.41, 5.74) is 1.46. The van der Waals surface area contributed by atoms with E-state index in [9.17, 15) is 0 Å². The van der Waals surface area contributed by atoms with E-state index in [1.54, 1.807) is 6.20 Å². The lowest BCUT2D eigenvalue weighted by Crippen LogP contribution is -2.38. The molecule has 0 saturated carbocycles. The highest BCUT2D eigenvalue weighted by atomic mass is 79.9. The molecule has 5 nitrogen and oxygen atoms in total. The summed E-state index contributed by atoms with van der Waals surface area (Å²) in [6, 6.07) is 10.1. The lowest BCUT2D eigenvalue weighted by atomic mass is 10.1. The molecule has 0 aliphatic carbocycles. The van der Waals surface area contributed by atoms with Crippen molar-refractivity contribution in [3.8, 4) is 6.07 Å². The van der Waals surface area contributed by atoms with Crippen LogP contribution in [-0.4, -0.2) is 29.7 Å². The maximum atomic E-state index is 8.76. The summed E-state index contributed by atoms with van der Waals surface area (Å²) in [7, 11) is 0. The molecule has 2 aromatic rings. The van der Waals surface area contributed by atoms with Crippen LogP contribution in [0.2, 0.25) is 0 Å². The van der Waals surface area contributed by atoms with Crippen LogP contribution in [0.3, 0.4) is 0 Å². The average Bonchev–Trinajstić information content (AvgIpc) is 2.55. The van der Waals surface area contributed by atoms with Crippen molar-refractivity contribution in [2.75, 3.05) is 24.6 Å². The van der Waals surface area contributed by atoms with Crippen molar-refractivity contribution in [1.29, 1.82) is 5.26 Å². The van der Waals surface area contributed by atoms with Crippen LogP contribution in [0.1, 0.15) is 17.4 Å². The summed E-state index contributed by atoms with van der Waals surface area (Å²) in [4.78, 5) is 10.5. The number of benzene rings is 1. The molecule has 1 fully saturated rings. The quantitative estimate of drug-likeness (QED) is 0.838. The molecule has 106 valence electrons. The lowest BCUT2D eigenvalue weighted by molar-refractivity contribution is 0.0394. The van der Waals surface area contributed by atoms with Crippen LogP contribution in [0, 0.1) is 11.3 Å². The fraction of sp³-hybridized carbons (Fsp3) is 0.267. The van der Waals surface area contributed by atoms with Gasteiger partial charge in [-0.05, 0) is 17.7 Å². The molecule has 0 bridgehead atoms. The number of nitriles is 1. The number of ether oxygens (including phenoxy) is 1. The number of halogens is 1. The van der Waals surface area contributed by atoms with Gasteiger partial charge in [-0.3, -0.25) is 0 Å². The minimum absolute atomic E-state index is 0.00805. The van der Waals surface area contributed by atoms with Crippen molar-refractivity contribution < 1.29 is 4.74 Å². The molecule has 1 aromatic carbocycles. The predicted molar refractivity (Wildman–Crippen MR) is 81.8 cm³/mol. The number of rotatable bonds is 2. The van der Waals surface area contributed by atoms with Crippen molar-refractivity contribution in [2.24, 2.45) is 0 Å². The van der Waals surface area contributed by atoms with Crippen molar-refractivity contribution in [3.05, 3.63) is 52.4 Å². The predicted octanol–water partition coefficient (Wildman–Crippen LogP) is 2.69. The normalized spacial score (nSPS) is 18.3. The largest absolute Gasteiger partial charge is 0.370 e. The van der Waals surface area contributed by atoms with Gasteiger partial charge in [-0.1, -0.05) is 28.1 Å². The second-order valence-corrected chi connectivity index (χ2v) is 5.65. The lowest BCUT2D eigenvalue weighted by Gasteiger charge is -2.33. The number of hydrogen-bond donors (Lipinski definition) is 0. The molecule has 0 spiro atoms. The van der Waals surface area contributed by atoms with Crippen molar-refractivity contribution >= 4 is 21.7 Å². The van der Waals surface area contributed by atoms with E-state index in [2.05, 4.69) is 42.9 Å². The van der Waals surface area contributed by atoms with Crippen LogP contribution in [0.15, 0.2) is 41.1 Å². The molecule has 0 radical (unpaired) electrons. The highest BCUT2D eigenvalue weighted by molar-refractivity contribution is 9.10. The summed E-state index contributed by atoms with van der Waals surface area (Å²) in [6.07, 6.45) is 3.15. The van der Waals surface area contributed by atoms with Gasteiger partial charge in [-0.25, -0.2) is 9.97 Å². The van der Waals surface area contributed by atoms with Gasteiger partial charge in [0.05, 0.1) is 19.0 Å². The second kappa shape index (κ2) is 6.20. The van der Waals surface area contributed by atoms with Crippen LogP contribution < -0.4 is 4.90 Å². The van der Waals surface area contributed by atoms with E-state index in [0.717, 1.165) is 28.9 Å². The average molecular weight is 345 g/mol. The van der Waals surface area contributed by atoms with Gasteiger partial charge in [0.25, 0.3) is 0 Å². The fourth-order valence-corrected chi connectivity index (χ4v) is 2.73. The molecule has 1 saturated heterocycles. The van der Waals surface area contributed by atoms with Crippen LogP contribution >= 0.6 is 15.9 Å². The van der Waals surface area contributed by atoms with Gasteiger partial charge in [-0.15, -0.1) is 0 Å². The van der Waals surface area contributed by atoms with E-state index in [1.807, 2.05) is 18.2 Å². The Morgan fingerprint density at radius 1 is 1.33 bits per heavy atom. The van der Waals surface area contributed by atoms with Crippen LogP contribution in [-0.2, 0) is 4.74 Å². The Hall–Kier alpha value is -1.97. The smallest absolute Gasteiger partial charge is 0.158 e. The summed E-state index contributed by atoms with van der Waals surface area (Å²) < 4.78 is 6.89. The zero-order chi connectivity index (χ0) is 14.7. The monoisotopic (exact) mass is 344 g/mol. The number of nitrogens with zero attached hydrogens (tertiary/aromatic N) is 4. The molecule has 1 aliphatic heterocycles. The first-order chi connectivity index (χ1) is 10.3. The highest BCUT2D eigenvalue weighted by Crippen LogP contribution is 2.26. The van der Waals surface area contributed by atoms with Gasteiger partial charge < -0.3 is 9.64 Å². The molecule has 0 N–H and O–H groups in total. The highest BCUT2D eigenvalue weighted by Gasteiger charge is 2.23. The first-order valence-corrected chi connectivity index (χ1v) is 7.40. The Kier molecular flexibility index (Phi) is 4.13. The van der Waals surface area contributed by atoms with Gasteiger partial charge in [-0.2, -0.15) is 5.26 Å². The molecule has 21 heavy (non-hydrogen) atoms. The summed E-state index contributed by atoms with van der Waals surface area (Å²) in [6.45, 7) is 2.13. The molecule has 1 aliphatic rings. The van der Waals surface area contributed by atoms with Crippen LogP contribution in [0.5, 0.6) is 0 Å². The Morgan fingerprint density at radius 3 is 2.95 bits per heavy atom. The minimum atomic E-state index is 0.00805. The van der Waals surface area contributed by atoms with Gasteiger partial charge in [0.1, 0.15) is 18.0 Å². The summed E-state index contributed by atoms with van der Waals surface area (Å²) in [5.74, 6) is 0.775. The third kappa shape index (κ3) is 3.20. The minimum Gasteiger partial charge on any atom is -0.370 e. The first-order valence-electron chi connectivity index (χ1n) is 6.60. The zero-order valence-electron chi connectivity index (χ0n) is 11.2. The van der Waals surface area contributed by atoms with Crippen LogP contribution in [0.25, 0.3) is 0 Å². The van der Waals surface area contributed by atoms with E-state index in [1.165, 1.54) is 6.20 Å². The Bertz CT molecular complexity index is 668. The Morgan fingerprint density at radius 2 is 2.24 bits per heavy atom. The van der Waals surface area contributed by atoms with Crippen molar-refractivity contribution in [3.63, 3.8) is 0 Å². The zero-order valence-corrected chi connectivity index (χ0v) is 12.8. The van der Waals surface area contributed by atoms with E-state index in [-0.39, 0.29) is 6.10 Å². The topological polar surface area (TPSA) is 62.0 Å². The molecular weight excluding hydrogens is 332 g/mol. The van der Waals surface area contributed by atoms with Gasteiger partial charge in [0.15, 0.2) is 5.69 Å². The van der Waals surface area contributed by atoms with Gasteiger partial charge in [0, 0.05) is 17.6 Å². The molecule has 3 rings (SSSR count). The third-order valence-electron chi connectivity index (χ3n) is 3.36. The number of hydrogen-bond acceptors (Lipinski definition) is 5. The number of aromatic nitrogens is 2. The van der Waals surface area contributed by atoms with Gasteiger partial charge in [0.2, 0.25) is 0 Å². The Labute approximate surface area is 131 Å². The summed E-state index contributed by atoms with van der Waals surface area (Å²) in [5, 5.41) is 8.76. The first kappa shape index (κ1) is 14.0. The van der Waals surface area contributed by atoms with E-state index < -0.39 is 0 Å².